The summed E-state index contributed by atoms with van der Waals surface area (Å²) in [5.41, 5.74) is 9.65. The molecule has 36 heavy (non-hydrogen) atoms. The van der Waals surface area contributed by atoms with Gasteiger partial charge in [0, 0.05) is 11.1 Å². The molecule has 2 N–H and O–H groups in total. The van der Waals surface area contributed by atoms with Crippen molar-refractivity contribution in [1.82, 2.24) is 9.78 Å². The highest BCUT2D eigenvalue weighted by molar-refractivity contribution is 8.14. The lowest BCUT2D eigenvalue weighted by atomic mass is 10.0. The summed E-state index contributed by atoms with van der Waals surface area (Å²) in [7, 11) is 1.55. The van der Waals surface area contributed by atoms with Gasteiger partial charge in [-0.25, -0.2) is 14.1 Å². The van der Waals surface area contributed by atoms with Crippen LogP contribution in [0.25, 0.3) is 5.69 Å². The van der Waals surface area contributed by atoms with Crippen LogP contribution in [-0.2, 0) is 4.79 Å². The molecule has 0 aliphatic carbocycles. The van der Waals surface area contributed by atoms with Crippen LogP contribution in [0.15, 0.2) is 77.8 Å². The Kier molecular flexibility index (Phi) is 6.47. The van der Waals surface area contributed by atoms with Crippen LogP contribution in [0.5, 0.6) is 11.5 Å². The minimum absolute atomic E-state index is 0.152. The highest BCUT2D eigenvalue weighted by Crippen LogP contribution is 2.49. The van der Waals surface area contributed by atoms with E-state index >= 15 is 0 Å². The first kappa shape index (κ1) is 23.6. The van der Waals surface area contributed by atoms with Crippen LogP contribution >= 0.6 is 11.8 Å². The Bertz CT molecular complexity index is 1450. The fourth-order valence-corrected chi connectivity index (χ4v) is 5.37. The second-order valence-electron chi connectivity index (χ2n) is 8.16. The summed E-state index contributed by atoms with van der Waals surface area (Å²) >= 11 is 1.61. The van der Waals surface area contributed by atoms with E-state index in [2.05, 4.69) is 0 Å². The number of aryl methyl sites for hydroxylation is 1. The van der Waals surface area contributed by atoms with E-state index in [-0.39, 0.29) is 17.7 Å². The molecule has 1 atom stereocenters. The van der Waals surface area contributed by atoms with Crippen molar-refractivity contribution >= 4 is 28.5 Å². The third-order valence-electron chi connectivity index (χ3n) is 5.73. The van der Waals surface area contributed by atoms with E-state index < -0.39 is 5.91 Å². The summed E-state index contributed by atoms with van der Waals surface area (Å²) < 4.78 is 26.4. The van der Waals surface area contributed by atoms with Gasteiger partial charge in [-0.15, -0.1) is 0 Å². The molecule has 0 bridgehead atoms. The van der Waals surface area contributed by atoms with Crippen LogP contribution in [0.2, 0.25) is 0 Å². The standard InChI is InChI=1S/C27H23FN4O3S/c1-16-24-25(18-8-13-21(22(14-18)34-2)35-15-23(29)33)36-27(17-6-4-3-5-7-17)30-26(24)32(31-16)20-11-9-19(28)10-12-20/h3-14,25H,15H2,1-2H3,(H2,29,33)/t25-/m1/s1. The summed E-state index contributed by atoms with van der Waals surface area (Å²) in [6.07, 6.45) is 0. The Labute approximate surface area is 211 Å². The maximum absolute atomic E-state index is 13.6. The van der Waals surface area contributed by atoms with Crippen molar-refractivity contribution in [3.05, 3.63) is 101 Å². The lowest BCUT2D eigenvalue weighted by molar-refractivity contribution is -0.119. The van der Waals surface area contributed by atoms with E-state index in [0.29, 0.717) is 17.3 Å². The van der Waals surface area contributed by atoms with Gasteiger partial charge < -0.3 is 15.2 Å². The average molecular weight is 503 g/mol. The van der Waals surface area contributed by atoms with Crippen molar-refractivity contribution in [3.63, 3.8) is 0 Å². The van der Waals surface area contributed by atoms with E-state index in [1.807, 2.05) is 49.4 Å². The van der Waals surface area contributed by atoms with Crippen LogP contribution in [0, 0.1) is 12.7 Å². The first-order valence-corrected chi connectivity index (χ1v) is 12.1. The molecule has 5 rings (SSSR count). The Balaban J connectivity index is 1.64. The summed E-state index contributed by atoms with van der Waals surface area (Å²) in [6, 6.07) is 21.7. The van der Waals surface area contributed by atoms with Gasteiger partial charge in [-0.2, -0.15) is 5.10 Å². The first-order chi connectivity index (χ1) is 17.4. The monoisotopic (exact) mass is 502 g/mol. The van der Waals surface area contributed by atoms with Gasteiger partial charge >= 0.3 is 0 Å². The van der Waals surface area contributed by atoms with Crippen molar-refractivity contribution in [2.75, 3.05) is 13.7 Å². The van der Waals surface area contributed by atoms with Gasteiger partial charge in [0.15, 0.2) is 23.9 Å². The minimum Gasteiger partial charge on any atom is -0.493 e. The molecule has 0 saturated carbocycles. The number of halogens is 1. The SMILES string of the molecule is COc1cc([C@H]2SC(c3ccccc3)=Nc3c2c(C)nn3-c2ccc(F)cc2)ccc1OCC(N)=O. The van der Waals surface area contributed by atoms with Crippen LogP contribution in [0.4, 0.5) is 10.2 Å². The number of amides is 1. The number of fused-ring (bicyclic) bond motifs is 1. The highest BCUT2D eigenvalue weighted by Gasteiger charge is 2.32. The number of carbonyl (C=O) groups excluding carboxylic acids is 1. The number of ether oxygens (including phenoxy) is 2. The van der Waals surface area contributed by atoms with Gasteiger partial charge in [0.2, 0.25) is 0 Å². The zero-order valence-electron chi connectivity index (χ0n) is 19.6. The van der Waals surface area contributed by atoms with Gasteiger partial charge in [-0.3, -0.25) is 4.79 Å². The quantitative estimate of drug-likeness (QED) is 0.379. The van der Waals surface area contributed by atoms with Gasteiger partial charge in [0.25, 0.3) is 5.91 Å². The van der Waals surface area contributed by atoms with Crippen LogP contribution in [0.3, 0.4) is 0 Å². The Morgan fingerprint density at radius 1 is 1.08 bits per heavy atom. The van der Waals surface area contributed by atoms with Crippen molar-refractivity contribution in [3.8, 4) is 17.2 Å². The molecular weight excluding hydrogens is 479 g/mol. The van der Waals surface area contributed by atoms with Gasteiger partial charge in [-0.1, -0.05) is 48.2 Å². The molecule has 0 saturated heterocycles. The summed E-state index contributed by atoms with van der Waals surface area (Å²) in [5.74, 6) is 0.722. The molecule has 3 aromatic carbocycles. The summed E-state index contributed by atoms with van der Waals surface area (Å²) in [5, 5.41) is 5.46. The zero-order chi connectivity index (χ0) is 25.2. The number of primary amides is 1. The lowest BCUT2D eigenvalue weighted by Gasteiger charge is -2.24. The molecule has 2 heterocycles. The van der Waals surface area contributed by atoms with E-state index in [0.717, 1.165) is 33.1 Å². The van der Waals surface area contributed by atoms with Crippen LogP contribution in [0.1, 0.15) is 27.6 Å². The van der Waals surface area contributed by atoms with E-state index in [9.17, 15) is 9.18 Å². The number of nitrogens with zero attached hydrogens (tertiary/aromatic N) is 3. The Morgan fingerprint density at radius 3 is 2.53 bits per heavy atom. The van der Waals surface area contributed by atoms with Gasteiger partial charge in [0.05, 0.1) is 23.7 Å². The number of carbonyl (C=O) groups is 1. The third-order valence-corrected chi connectivity index (χ3v) is 7.03. The molecule has 1 aromatic heterocycles. The number of rotatable bonds is 7. The summed E-state index contributed by atoms with van der Waals surface area (Å²) in [4.78, 5) is 16.2. The normalized spacial score (nSPS) is 14.6. The molecular formula is C27H23FN4O3S. The molecule has 182 valence electrons. The molecule has 0 radical (unpaired) electrons. The zero-order valence-corrected chi connectivity index (χ0v) is 20.5. The number of thioether (sulfide) groups is 1. The van der Waals surface area contributed by atoms with Gasteiger partial charge in [-0.05, 0) is 48.9 Å². The molecule has 1 aliphatic rings. The van der Waals surface area contributed by atoms with Crippen molar-refractivity contribution < 1.29 is 18.7 Å². The Morgan fingerprint density at radius 2 is 1.83 bits per heavy atom. The molecule has 0 spiro atoms. The lowest BCUT2D eigenvalue weighted by Crippen LogP contribution is -2.20. The van der Waals surface area contributed by atoms with Crippen LogP contribution < -0.4 is 15.2 Å². The van der Waals surface area contributed by atoms with E-state index in [1.165, 1.54) is 12.1 Å². The maximum atomic E-state index is 13.6. The van der Waals surface area contributed by atoms with E-state index in [1.54, 1.807) is 41.8 Å². The molecule has 1 amide bonds. The average Bonchev–Trinajstić information content (AvgIpc) is 3.24. The second kappa shape index (κ2) is 9.87. The predicted molar refractivity (Wildman–Crippen MR) is 138 cm³/mol. The highest BCUT2D eigenvalue weighted by atomic mass is 32.2. The molecule has 7 nitrogen and oxygen atoms in total. The maximum Gasteiger partial charge on any atom is 0.255 e. The van der Waals surface area contributed by atoms with Gasteiger partial charge in [0.1, 0.15) is 10.9 Å². The van der Waals surface area contributed by atoms with Crippen molar-refractivity contribution in [2.45, 2.75) is 12.2 Å². The number of nitrogens with two attached hydrogens (primary N) is 1. The number of hydrogen-bond acceptors (Lipinski definition) is 6. The number of aliphatic imine (C=N–C) groups is 1. The number of methoxy groups -OCH3 is 1. The number of benzene rings is 3. The largest absolute Gasteiger partial charge is 0.493 e. The van der Waals surface area contributed by atoms with Crippen LogP contribution in [-0.4, -0.2) is 34.4 Å². The molecule has 4 aromatic rings. The second-order valence-corrected chi connectivity index (χ2v) is 9.25. The summed E-state index contributed by atoms with van der Waals surface area (Å²) in [6.45, 7) is 1.70. The fourth-order valence-electron chi connectivity index (χ4n) is 4.06. The Hall–Kier alpha value is -4.11. The molecule has 9 heteroatoms. The first-order valence-electron chi connectivity index (χ1n) is 11.2. The fraction of sp³-hybridized carbons (Fsp3) is 0.148. The van der Waals surface area contributed by atoms with E-state index in [4.69, 9.17) is 25.3 Å². The molecule has 0 unspecified atom stereocenters. The third kappa shape index (κ3) is 4.57. The smallest absolute Gasteiger partial charge is 0.255 e. The van der Waals surface area contributed by atoms with Crippen molar-refractivity contribution in [2.24, 2.45) is 10.7 Å². The molecule has 0 fully saturated rings. The predicted octanol–water partition coefficient (Wildman–Crippen LogP) is 5.11. The minimum atomic E-state index is -0.568. The molecule has 1 aliphatic heterocycles. The number of aromatic nitrogens is 2. The number of hydrogen-bond donors (Lipinski definition) is 1. The topological polar surface area (TPSA) is 91.7 Å². The van der Waals surface area contributed by atoms with Crippen molar-refractivity contribution in [1.29, 1.82) is 0 Å².